The molecule has 3 aromatic rings. The van der Waals surface area contributed by atoms with Crippen molar-refractivity contribution in [1.29, 1.82) is 0 Å². The van der Waals surface area contributed by atoms with Crippen LogP contribution in [-0.2, 0) is 6.54 Å². The van der Waals surface area contributed by atoms with Crippen molar-refractivity contribution in [3.05, 3.63) is 54.9 Å². The van der Waals surface area contributed by atoms with E-state index in [9.17, 15) is 0 Å². The van der Waals surface area contributed by atoms with Crippen molar-refractivity contribution in [2.24, 2.45) is 0 Å². The molecule has 7 heteroatoms. The molecule has 0 saturated carbocycles. The number of hydrogen-bond acceptors (Lipinski definition) is 6. The maximum Gasteiger partial charge on any atom is 0.224 e. The fourth-order valence-corrected chi connectivity index (χ4v) is 2.77. The van der Waals surface area contributed by atoms with Gasteiger partial charge >= 0.3 is 0 Å². The van der Waals surface area contributed by atoms with Gasteiger partial charge in [-0.05, 0) is 19.1 Å². The number of benzene rings is 1. The fourth-order valence-electron chi connectivity index (χ4n) is 2.77. The van der Waals surface area contributed by atoms with Gasteiger partial charge < -0.3 is 14.2 Å². The van der Waals surface area contributed by atoms with Gasteiger partial charge in [0.25, 0.3) is 0 Å². The summed E-state index contributed by atoms with van der Waals surface area (Å²) in [6.45, 7) is 3.78. The van der Waals surface area contributed by atoms with E-state index in [0.29, 0.717) is 5.88 Å². The first-order chi connectivity index (χ1) is 11.3. The van der Waals surface area contributed by atoms with Crippen molar-refractivity contribution in [3.8, 4) is 11.6 Å². The van der Waals surface area contributed by atoms with Crippen LogP contribution in [-0.4, -0.2) is 31.3 Å². The summed E-state index contributed by atoms with van der Waals surface area (Å²) in [5.74, 6) is 3.05. The molecule has 4 rings (SSSR count). The second-order valence-corrected chi connectivity index (χ2v) is 5.38. The van der Waals surface area contributed by atoms with E-state index in [1.54, 1.807) is 6.33 Å². The second-order valence-electron chi connectivity index (χ2n) is 5.38. The average Bonchev–Trinajstić information content (AvgIpc) is 3.06. The molecule has 0 amide bonds. The molecule has 116 valence electrons. The number of fused-ring (bicyclic) bond motifs is 1. The molecule has 1 aliphatic heterocycles. The number of hydrogen-bond donors (Lipinski definition) is 0. The lowest BCUT2D eigenvalue weighted by molar-refractivity contribution is 0.457. The number of para-hydroxylation sites is 1. The molecule has 1 atom stereocenters. The summed E-state index contributed by atoms with van der Waals surface area (Å²) in [5.41, 5.74) is 0. The second kappa shape index (κ2) is 5.68. The van der Waals surface area contributed by atoms with E-state index in [0.717, 1.165) is 30.5 Å². The molecule has 23 heavy (non-hydrogen) atoms. The Kier molecular flexibility index (Phi) is 3.38. The van der Waals surface area contributed by atoms with Crippen molar-refractivity contribution >= 4 is 5.82 Å². The highest BCUT2D eigenvalue weighted by atomic mass is 16.5. The summed E-state index contributed by atoms with van der Waals surface area (Å²) in [7, 11) is 0. The molecule has 0 saturated heterocycles. The lowest BCUT2D eigenvalue weighted by Crippen LogP contribution is -2.37. The van der Waals surface area contributed by atoms with Crippen LogP contribution < -0.4 is 9.64 Å². The van der Waals surface area contributed by atoms with Gasteiger partial charge in [-0.2, -0.15) is 0 Å². The highest BCUT2D eigenvalue weighted by molar-refractivity contribution is 5.44. The van der Waals surface area contributed by atoms with Gasteiger partial charge in [0.2, 0.25) is 5.88 Å². The number of anilines is 1. The zero-order valence-electron chi connectivity index (χ0n) is 12.7. The van der Waals surface area contributed by atoms with Crippen LogP contribution in [0.2, 0.25) is 0 Å². The van der Waals surface area contributed by atoms with Crippen LogP contribution in [0.15, 0.2) is 49.1 Å². The quantitative estimate of drug-likeness (QED) is 0.740. The van der Waals surface area contributed by atoms with Crippen LogP contribution in [0, 0.1) is 0 Å². The smallest absolute Gasteiger partial charge is 0.224 e. The minimum absolute atomic E-state index is 0.103. The summed E-state index contributed by atoms with van der Waals surface area (Å²) in [6, 6.07) is 11.6. The Morgan fingerprint density at radius 1 is 1.13 bits per heavy atom. The lowest BCUT2D eigenvalue weighted by atomic mass is 10.2. The monoisotopic (exact) mass is 308 g/mol. The topological polar surface area (TPSA) is 69.0 Å². The lowest BCUT2D eigenvalue weighted by Gasteiger charge is -2.34. The fraction of sp³-hybridized carbons (Fsp3) is 0.250. The molecular formula is C16H16N6O. The number of aromatic nitrogens is 5. The predicted octanol–water partition coefficient (Wildman–Crippen LogP) is 2.44. The summed E-state index contributed by atoms with van der Waals surface area (Å²) >= 11 is 0. The first kappa shape index (κ1) is 13.7. The van der Waals surface area contributed by atoms with E-state index < -0.39 is 0 Å². The minimum Gasteiger partial charge on any atom is -0.439 e. The molecule has 0 spiro atoms. The number of ether oxygens (including phenoxy) is 1. The first-order valence-electron chi connectivity index (χ1n) is 7.50. The number of nitrogens with zero attached hydrogens (tertiary/aromatic N) is 6. The first-order valence-corrected chi connectivity index (χ1v) is 7.50. The van der Waals surface area contributed by atoms with Gasteiger partial charge in [-0.15, -0.1) is 10.2 Å². The largest absolute Gasteiger partial charge is 0.439 e. The van der Waals surface area contributed by atoms with Crippen molar-refractivity contribution in [1.82, 2.24) is 24.7 Å². The van der Waals surface area contributed by atoms with Crippen LogP contribution in [0.5, 0.6) is 11.6 Å². The predicted molar refractivity (Wildman–Crippen MR) is 84.3 cm³/mol. The zero-order chi connectivity index (χ0) is 15.6. The molecule has 3 heterocycles. The normalized spacial score (nSPS) is 16.9. The third-order valence-corrected chi connectivity index (χ3v) is 3.96. The highest BCUT2D eigenvalue weighted by Crippen LogP contribution is 2.29. The van der Waals surface area contributed by atoms with Gasteiger partial charge in [0.05, 0.1) is 6.04 Å². The molecule has 1 aliphatic rings. The van der Waals surface area contributed by atoms with Crippen LogP contribution >= 0.6 is 0 Å². The summed E-state index contributed by atoms with van der Waals surface area (Å²) in [6.07, 6.45) is 3.30. The molecule has 1 aromatic carbocycles. The Labute approximate surface area is 133 Å². The van der Waals surface area contributed by atoms with Crippen LogP contribution in [0.1, 0.15) is 18.8 Å². The van der Waals surface area contributed by atoms with E-state index in [1.807, 2.05) is 36.4 Å². The Morgan fingerprint density at radius 2 is 2.00 bits per heavy atom. The van der Waals surface area contributed by atoms with Gasteiger partial charge in [-0.1, -0.05) is 18.2 Å². The molecule has 0 N–H and O–H groups in total. The average molecular weight is 308 g/mol. The minimum atomic E-state index is 0.103. The van der Waals surface area contributed by atoms with Crippen LogP contribution in [0.25, 0.3) is 0 Å². The Bertz CT molecular complexity index is 803. The van der Waals surface area contributed by atoms with E-state index in [2.05, 4.69) is 36.6 Å². The molecule has 1 unspecified atom stereocenters. The maximum atomic E-state index is 5.79. The molecular weight excluding hydrogens is 292 g/mol. The SMILES string of the molecule is CC1c2nncn2CCN1c1cc(Oc2ccccc2)ncn1. The van der Waals surface area contributed by atoms with Gasteiger partial charge in [-0.25, -0.2) is 9.97 Å². The summed E-state index contributed by atoms with van der Waals surface area (Å²) in [5, 5.41) is 8.18. The van der Waals surface area contributed by atoms with E-state index in [1.165, 1.54) is 6.33 Å². The molecule has 0 radical (unpaired) electrons. The standard InChI is InChI=1S/C16H16N6O/c1-12-16-20-19-11-21(16)7-8-22(12)14-9-15(18-10-17-14)23-13-5-3-2-4-6-13/h2-6,9-12H,7-8H2,1H3. The Balaban J connectivity index is 1.59. The van der Waals surface area contributed by atoms with E-state index >= 15 is 0 Å². The van der Waals surface area contributed by atoms with Crippen molar-refractivity contribution in [3.63, 3.8) is 0 Å². The third-order valence-electron chi connectivity index (χ3n) is 3.96. The highest BCUT2D eigenvalue weighted by Gasteiger charge is 2.27. The Hall–Kier alpha value is -2.96. The van der Waals surface area contributed by atoms with E-state index in [4.69, 9.17) is 4.74 Å². The van der Waals surface area contributed by atoms with Crippen LogP contribution in [0.3, 0.4) is 0 Å². The van der Waals surface area contributed by atoms with Crippen LogP contribution in [0.4, 0.5) is 5.82 Å². The molecule has 0 fully saturated rings. The van der Waals surface area contributed by atoms with Crippen molar-refractivity contribution in [2.45, 2.75) is 19.5 Å². The third kappa shape index (κ3) is 2.61. The van der Waals surface area contributed by atoms with Crippen molar-refractivity contribution in [2.75, 3.05) is 11.4 Å². The summed E-state index contributed by atoms with van der Waals surface area (Å²) in [4.78, 5) is 10.8. The molecule has 0 aliphatic carbocycles. The van der Waals surface area contributed by atoms with Gasteiger partial charge in [-0.3, -0.25) is 0 Å². The van der Waals surface area contributed by atoms with Gasteiger partial charge in [0, 0.05) is 19.2 Å². The zero-order valence-corrected chi connectivity index (χ0v) is 12.7. The molecule has 0 bridgehead atoms. The number of rotatable bonds is 3. The maximum absolute atomic E-state index is 5.79. The van der Waals surface area contributed by atoms with Gasteiger partial charge in [0.15, 0.2) is 5.82 Å². The van der Waals surface area contributed by atoms with Crippen molar-refractivity contribution < 1.29 is 4.74 Å². The molecule has 2 aromatic heterocycles. The summed E-state index contributed by atoms with van der Waals surface area (Å²) < 4.78 is 7.86. The van der Waals surface area contributed by atoms with Gasteiger partial charge in [0.1, 0.15) is 24.2 Å². The van der Waals surface area contributed by atoms with E-state index in [-0.39, 0.29) is 6.04 Å². The Morgan fingerprint density at radius 3 is 2.87 bits per heavy atom. The molecule has 7 nitrogen and oxygen atoms in total.